The van der Waals surface area contributed by atoms with Crippen molar-refractivity contribution in [2.45, 2.75) is 11.3 Å². The third-order valence-corrected chi connectivity index (χ3v) is 3.08. The first-order valence-corrected chi connectivity index (χ1v) is 5.46. The minimum Gasteiger partial charge on any atom is -0.298 e. The van der Waals surface area contributed by atoms with Gasteiger partial charge in [-0.05, 0) is 17.7 Å². The summed E-state index contributed by atoms with van der Waals surface area (Å²) >= 11 is 13.0. The number of hydrogen-bond acceptors (Lipinski definition) is 2. The number of hydrogen-bond donors (Lipinski definition) is 1. The number of halogens is 2. The fourth-order valence-corrected chi connectivity index (χ4v) is 2.01. The van der Waals surface area contributed by atoms with Crippen molar-refractivity contribution in [1.29, 1.82) is 0 Å². The lowest BCUT2D eigenvalue weighted by Gasteiger charge is -2.05. The summed E-state index contributed by atoms with van der Waals surface area (Å²) in [6, 6.07) is 5.61. The lowest BCUT2D eigenvalue weighted by atomic mass is 10.1. The number of carbonyl (C=O) groups is 1. The molecule has 0 aliphatic heterocycles. The van der Waals surface area contributed by atoms with Gasteiger partial charge in [-0.1, -0.05) is 22.0 Å². The molecule has 0 fully saturated rings. The summed E-state index contributed by atoms with van der Waals surface area (Å²) in [6.45, 7) is 0. The van der Waals surface area contributed by atoms with Crippen LogP contribution in [0.25, 0.3) is 0 Å². The van der Waals surface area contributed by atoms with E-state index in [1.807, 2.05) is 18.2 Å². The highest BCUT2D eigenvalue weighted by Crippen LogP contribution is 2.23. The van der Waals surface area contributed by atoms with Gasteiger partial charge in [0.25, 0.3) is 0 Å². The standard InChI is InChI=1S/C9H8BrClOS/c10-8-2-1-3-9(13)7(8)4-6(12)5-11/h1-3,13H,4-5H2. The Kier molecular flexibility index (Phi) is 4.29. The minimum absolute atomic E-state index is 0.00358. The normalized spacial score (nSPS) is 10.1. The second-order valence-corrected chi connectivity index (χ2v) is 4.19. The van der Waals surface area contributed by atoms with Gasteiger partial charge in [-0.3, -0.25) is 4.79 Å². The predicted octanol–water partition coefficient (Wildman–Crippen LogP) is 3.09. The number of ketones is 1. The van der Waals surface area contributed by atoms with Crippen LogP contribution in [-0.4, -0.2) is 11.7 Å². The molecule has 0 saturated carbocycles. The molecule has 0 atom stereocenters. The van der Waals surface area contributed by atoms with Gasteiger partial charge in [0.15, 0.2) is 5.78 Å². The molecular formula is C9H8BrClOS. The van der Waals surface area contributed by atoms with Crippen LogP contribution in [0, 0.1) is 0 Å². The van der Waals surface area contributed by atoms with E-state index in [0.29, 0.717) is 6.42 Å². The lowest BCUT2D eigenvalue weighted by molar-refractivity contribution is -0.116. The summed E-state index contributed by atoms with van der Waals surface area (Å²) in [5.41, 5.74) is 0.900. The van der Waals surface area contributed by atoms with E-state index in [9.17, 15) is 4.79 Å². The Hall–Kier alpha value is 0.01000. The second-order valence-electron chi connectivity index (χ2n) is 2.59. The van der Waals surface area contributed by atoms with E-state index < -0.39 is 0 Å². The van der Waals surface area contributed by atoms with Crippen molar-refractivity contribution < 1.29 is 4.79 Å². The maximum Gasteiger partial charge on any atom is 0.152 e. The van der Waals surface area contributed by atoms with E-state index in [-0.39, 0.29) is 11.7 Å². The fourth-order valence-electron chi connectivity index (χ4n) is 0.967. The van der Waals surface area contributed by atoms with Crippen LogP contribution in [-0.2, 0) is 11.2 Å². The van der Waals surface area contributed by atoms with Gasteiger partial charge >= 0.3 is 0 Å². The van der Waals surface area contributed by atoms with Crippen molar-refractivity contribution in [3.05, 3.63) is 28.2 Å². The Balaban J connectivity index is 2.93. The van der Waals surface area contributed by atoms with Gasteiger partial charge in [0, 0.05) is 15.8 Å². The van der Waals surface area contributed by atoms with Gasteiger partial charge in [0.05, 0.1) is 5.88 Å². The first-order chi connectivity index (χ1) is 6.15. The summed E-state index contributed by atoms with van der Waals surface area (Å²) in [5.74, 6) is 0.0537. The minimum atomic E-state index is 0.00358. The van der Waals surface area contributed by atoms with Crippen LogP contribution in [0.3, 0.4) is 0 Å². The molecule has 0 unspecified atom stereocenters. The fraction of sp³-hybridized carbons (Fsp3) is 0.222. The summed E-state index contributed by atoms with van der Waals surface area (Å²) in [5, 5.41) is 0. The highest BCUT2D eigenvalue weighted by molar-refractivity contribution is 9.10. The molecular weight excluding hydrogens is 272 g/mol. The van der Waals surface area contributed by atoms with Gasteiger partial charge in [-0.2, -0.15) is 0 Å². The summed E-state index contributed by atoms with van der Waals surface area (Å²) in [4.78, 5) is 11.9. The van der Waals surface area contributed by atoms with Crippen molar-refractivity contribution in [3.63, 3.8) is 0 Å². The van der Waals surface area contributed by atoms with Crippen LogP contribution in [0.4, 0.5) is 0 Å². The highest BCUT2D eigenvalue weighted by atomic mass is 79.9. The average Bonchev–Trinajstić information content (AvgIpc) is 2.11. The Morgan fingerprint density at radius 3 is 2.77 bits per heavy atom. The van der Waals surface area contributed by atoms with Crippen LogP contribution in [0.1, 0.15) is 5.56 Å². The zero-order valence-corrected chi connectivity index (χ0v) is 9.99. The number of alkyl halides is 1. The van der Waals surface area contributed by atoms with Gasteiger partial charge < -0.3 is 0 Å². The monoisotopic (exact) mass is 278 g/mol. The average molecular weight is 280 g/mol. The van der Waals surface area contributed by atoms with E-state index in [1.165, 1.54) is 0 Å². The molecule has 0 spiro atoms. The van der Waals surface area contributed by atoms with Crippen molar-refractivity contribution in [1.82, 2.24) is 0 Å². The topological polar surface area (TPSA) is 17.1 Å². The maximum absolute atomic E-state index is 11.1. The van der Waals surface area contributed by atoms with Crippen molar-refractivity contribution >= 4 is 45.9 Å². The van der Waals surface area contributed by atoms with Gasteiger partial charge in [0.2, 0.25) is 0 Å². The van der Waals surface area contributed by atoms with E-state index in [0.717, 1.165) is 14.9 Å². The molecule has 1 aromatic carbocycles. The summed E-state index contributed by atoms with van der Waals surface area (Å²) in [7, 11) is 0. The number of Topliss-reactive ketones (excluding diaryl/α,β-unsaturated/α-hetero) is 1. The molecule has 0 radical (unpaired) electrons. The molecule has 0 aromatic heterocycles. The second kappa shape index (κ2) is 5.03. The molecule has 0 aliphatic rings. The molecule has 0 N–H and O–H groups in total. The molecule has 0 bridgehead atoms. The summed E-state index contributed by atoms with van der Waals surface area (Å²) in [6.07, 6.45) is 0.337. The van der Waals surface area contributed by atoms with Gasteiger partial charge in [-0.25, -0.2) is 0 Å². The van der Waals surface area contributed by atoms with E-state index in [1.54, 1.807) is 0 Å². The molecule has 1 nitrogen and oxygen atoms in total. The Morgan fingerprint density at radius 1 is 1.54 bits per heavy atom. The maximum atomic E-state index is 11.1. The summed E-state index contributed by atoms with van der Waals surface area (Å²) < 4.78 is 0.901. The Morgan fingerprint density at radius 2 is 2.23 bits per heavy atom. The van der Waals surface area contributed by atoms with Crippen LogP contribution >= 0.6 is 40.2 Å². The highest BCUT2D eigenvalue weighted by Gasteiger charge is 2.08. The van der Waals surface area contributed by atoms with E-state index in [4.69, 9.17) is 11.6 Å². The Bertz CT molecular complexity index is 307. The van der Waals surface area contributed by atoms with Gasteiger partial charge in [0.1, 0.15) is 0 Å². The molecule has 70 valence electrons. The first kappa shape index (κ1) is 11.1. The largest absolute Gasteiger partial charge is 0.298 e. The molecule has 0 saturated heterocycles. The van der Waals surface area contributed by atoms with Crippen molar-refractivity contribution in [2.24, 2.45) is 0 Å². The Labute approximate surface area is 96.0 Å². The number of benzene rings is 1. The van der Waals surface area contributed by atoms with Crippen LogP contribution in [0.15, 0.2) is 27.6 Å². The molecule has 1 rings (SSSR count). The van der Waals surface area contributed by atoms with E-state index in [2.05, 4.69) is 28.6 Å². The van der Waals surface area contributed by atoms with Crippen molar-refractivity contribution in [2.75, 3.05) is 5.88 Å². The van der Waals surface area contributed by atoms with Crippen molar-refractivity contribution in [3.8, 4) is 0 Å². The molecule has 0 amide bonds. The van der Waals surface area contributed by atoms with Gasteiger partial charge in [-0.15, -0.1) is 24.2 Å². The quantitative estimate of drug-likeness (QED) is 0.665. The third-order valence-electron chi connectivity index (χ3n) is 1.62. The lowest BCUT2D eigenvalue weighted by Crippen LogP contribution is -2.05. The molecule has 13 heavy (non-hydrogen) atoms. The zero-order valence-electron chi connectivity index (χ0n) is 6.76. The van der Waals surface area contributed by atoms with E-state index >= 15 is 0 Å². The smallest absolute Gasteiger partial charge is 0.152 e. The first-order valence-electron chi connectivity index (χ1n) is 3.69. The third kappa shape index (κ3) is 3.01. The number of rotatable bonds is 3. The number of thiol groups is 1. The predicted molar refractivity (Wildman–Crippen MR) is 60.8 cm³/mol. The van der Waals surface area contributed by atoms with Crippen LogP contribution in [0.2, 0.25) is 0 Å². The SMILES string of the molecule is O=C(CCl)Cc1c(S)cccc1Br. The molecule has 4 heteroatoms. The molecule has 0 aliphatic carbocycles. The van der Waals surface area contributed by atoms with Crippen LogP contribution < -0.4 is 0 Å². The molecule has 1 aromatic rings. The molecule has 0 heterocycles. The number of carbonyl (C=O) groups excluding carboxylic acids is 1. The zero-order chi connectivity index (χ0) is 9.84. The van der Waals surface area contributed by atoms with Crippen LogP contribution in [0.5, 0.6) is 0 Å².